The van der Waals surface area contributed by atoms with Crippen LogP contribution in [-0.4, -0.2) is 35.8 Å². The lowest BCUT2D eigenvalue weighted by Crippen LogP contribution is -2.46. The van der Waals surface area contributed by atoms with Crippen LogP contribution >= 0.6 is 11.3 Å². The quantitative estimate of drug-likeness (QED) is 0.879. The van der Waals surface area contributed by atoms with Crippen molar-refractivity contribution in [3.63, 3.8) is 0 Å². The van der Waals surface area contributed by atoms with Gasteiger partial charge in [-0.25, -0.2) is 0 Å². The average molecular weight is 349 g/mol. The topological polar surface area (TPSA) is 49.4 Å². The Morgan fingerprint density at radius 2 is 1.88 bits per heavy atom. The van der Waals surface area contributed by atoms with E-state index in [4.69, 9.17) is 0 Å². The van der Waals surface area contributed by atoms with Crippen LogP contribution in [0.2, 0.25) is 0 Å². The number of nitrogens with zero attached hydrogens (tertiary/aromatic N) is 1. The van der Waals surface area contributed by atoms with Crippen molar-refractivity contribution < 1.29 is 9.59 Å². The number of carbonyl (C=O) groups is 2. The van der Waals surface area contributed by atoms with Gasteiger partial charge in [0.05, 0.1) is 4.88 Å². The summed E-state index contributed by atoms with van der Waals surface area (Å²) in [6.45, 7) is 1.55. The highest BCUT2D eigenvalue weighted by Gasteiger charge is 2.25. The lowest BCUT2D eigenvalue weighted by molar-refractivity contribution is -0.132. The van der Waals surface area contributed by atoms with Crippen LogP contribution < -0.4 is 5.32 Å². The summed E-state index contributed by atoms with van der Waals surface area (Å²) >= 11 is 1.47. The van der Waals surface area contributed by atoms with Crippen molar-refractivity contribution in [2.45, 2.75) is 63.8 Å². The van der Waals surface area contributed by atoms with Crippen LogP contribution in [0.15, 0.2) is 17.5 Å². The van der Waals surface area contributed by atoms with Gasteiger partial charge < -0.3 is 10.2 Å². The Morgan fingerprint density at radius 1 is 1.12 bits per heavy atom. The fourth-order valence-corrected chi connectivity index (χ4v) is 4.53. The predicted molar refractivity (Wildman–Crippen MR) is 97.2 cm³/mol. The smallest absolute Gasteiger partial charge is 0.261 e. The Hall–Kier alpha value is -1.36. The van der Waals surface area contributed by atoms with E-state index in [-0.39, 0.29) is 11.9 Å². The number of nitrogens with one attached hydrogen (secondary N) is 1. The maximum absolute atomic E-state index is 12.4. The van der Waals surface area contributed by atoms with Crippen LogP contribution in [0, 0.1) is 5.92 Å². The van der Waals surface area contributed by atoms with E-state index in [1.165, 1.54) is 43.4 Å². The molecule has 1 N–H and O–H groups in total. The fourth-order valence-electron chi connectivity index (χ4n) is 3.90. The molecule has 1 saturated heterocycles. The van der Waals surface area contributed by atoms with E-state index < -0.39 is 0 Å². The monoisotopic (exact) mass is 348 g/mol. The summed E-state index contributed by atoms with van der Waals surface area (Å²) in [5.74, 6) is 1.10. The van der Waals surface area contributed by atoms with Crippen molar-refractivity contribution in [2.75, 3.05) is 13.1 Å². The van der Waals surface area contributed by atoms with E-state index in [1.54, 1.807) is 0 Å². The molecule has 0 radical (unpaired) electrons. The number of hydrogen-bond donors (Lipinski definition) is 1. The minimum absolute atomic E-state index is 0.0204. The second-order valence-corrected chi connectivity index (χ2v) is 8.10. The van der Waals surface area contributed by atoms with Gasteiger partial charge in [0.2, 0.25) is 5.91 Å². The Morgan fingerprint density at radius 3 is 2.54 bits per heavy atom. The summed E-state index contributed by atoms with van der Waals surface area (Å²) in [6.07, 6.45) is 10.2. The van der Waals surface area contributed by atoms with Crippen LogP contribution in [0.5, 0.6) is 0 Å². The third-order valence-corrected chi connectivity index (χ3v) is 6.29. The maximum atomic E-state index is 12.4. The Labute approximate surface area is 148 Å². The van der Waals surface area contributed by atoms with Crippen LogP contribution in [0.3, 0.4) is 0 Å². The van der Waals surface area contributed by atoms with Gasteiger partial charge in [0.25, 0.3) is 5.91 Å². The van der Waals surface area contributed by atoms with Crippen LogP contribution in [0.4, 0.5) is 0 Å². The maximum Gasteiger partial charge on any atom is 0.261 e. The first kappa shape index (κ1) is 17.5. The second kappa shape index (κ2) is 8.65. The number of thiophene rings is 1. The van der Waals surface area contributed by atoms with E-state index in [1.807, 2.05) is 22.4 Å². The van der Waals surface area contributed by atoms with E-state index in [0.29, 0.717) is 12.3 Å². The number of likely N-dealkylation sites (tertiary alicyclic amines) is 1. The first-order valence-electron chi connectivity index (χ1n) is 9.34. The van der Waals surface area contributed by atoms with Crippen LogP contribution in [0.25, 0.3) is 0 Å². The Balaban J connectivity index is 1.36. The molecule has 2 heterocycles. The minimum atomic E-state index is 0.0204. The van der Waals surface area contributed by atoms with Gasteiger partial charge >= 0.3 is 0 Å². The summed E-state index contributed by atoms with van der Waals surface area (Å²) in [4.78, 5) is 27.2. The molecule has 0 spiro atoms. The molecule has 1 aliphatic heterocycles. The van der Waals surface area contributed by atoms with Gasteiger partial charge in [0.1, 0.15) is 0 Å². The molecular formula is C19H28N2O2S. The fraction of sp³-hybridized carbons (Fsp3) is 0.684. The first-order chi connectivity index (χ1) is 11.7. The largest absolute Gasteiger partial charge is 0.348 e. The lowest BCUT2D eigenvalue weighted by atomic mass is 9.86. The summed E-state index contributed by atoms with van der Waals surface area (Å²) < 4.78 is 0. The van der Waals surface area contributed by atoms with Crippen molar-refractivity contribution in [1.82, 2.24) is 10.2 Å². The molecule has 0 bridgehead atoms. The normalized spacial score (nSPS) is 20.1. The number of carbonyl (C=O) groups excluding carboxylic acids is 2. The molecule has 4 nitrogen and oxygen atoms in total. The van der Waals surface area contributed by atoms with Crippen LogP contribution in [-0.2, 0) is 4.79 Å². The molecule has 0 aromatic carbocycles. The zero-order valence-corrected chi connectivity index (χ0v) is 15.2. The molecule has 1 aromatic heterocycles. The lowest BCUT2D eigenvalue weighted by Gasteiger charge is -2.33. The molecule has 2 fully saturated rings. The van der Waals surface area contributed by atoms with Crippen LogP contribution in [0.1, 0.15) is 67.5 Å². The van der Waals surface area contributed by atoms with Crippen molar-refractivity contribution in [2.24, 2.45) is 5.92 Å². The van der Waals surface area contributed by atoms with Crippen molar-refractivity contribution >= 4 is 23.2 Å². The molecule has 1 aromatic rings. The average Bonchev–Trinajstić information content (AvgIpc) is 3.16. The molecule has 1 saturated carbocycles. The van der Waals surface area contributed by atoms with Gasteiger partial charge in [0, 0.05) is 25.6 Å². The van der Waals surface area contributed by atoms with Gasteiger partial charge in [-0.3, -0.25) is 9.59 Å². The zero-order chi connectivity index (χ0) is 16.8. The molecule has 1 aliphatic carbocycles. The van der Waals surface area contributed by atoms with Gasteiger partial charge in [-0.1, -0.05) is 38.2 Å². The van der Waals surface area contributed by atoms with E-state index in [2.05, 4.69) is 5.32 Å². The molecule has 5 heteroatoms. The molecule has 0 unspecified atom stereocenters. The predicted octanol–water partition coefficient (Wildman–Crippen LogP) is 3.83. The molecule has 2 aliphatic rings. The second-order valence-electron chi connectivity index (χ2n) is 7.15. The van der Waals surface area contributed by atoms with Crippen molar-refractivity contribution in [3.8, 4) is 0 Å². The Kier molecular flexibility index (Phi) is 6.30. The number of rotatable bonds is 5. The molecule has 132 valence electrons. The van der Waals surface area contributed by atoms with Gasteiger partial charge in [-0.05, 0) is 36.6 Å². The van der Waals surface area contributed by atoms with E-state index in [9.17, 15) is 9.59 Å². The summed E-state index contributed by atoms with van der Waals surface area (Å²) in [5.41, 5.74) is 0. The van der Waals surface area contributed by atoms with E-state index >= 15 is 0 Å². The summed E-state index contributed by atoms with van der Waals surface area (Å²) in [7, 11) is 0. The number of piperidine rings is 1. The highest BCUT2D eigenvalue weighted by molar-refractivity contribution is 7.12. The first-order valence-corrected chi connectivity index (χ1v) is 10.2. The van der Waals surface area contributed by atoms with Crippen molar-refractivity contribution in [3.05, 3.63) is 22.4 Å². The van der Waals surface area contributed by atoms with Gasteiger partial charge in [0.15, 0.2) is 0 Å². The minimum Gasteiger partial charge on any atom is -0.348 e. The third-order valence-electron chi connectivity index (χ3n) is 5.42. The van der Waals surface area contributed by atoms with E-state index in [0.717, 1.165) is 43.1 Å². The molecule has 2 amide bonds. The summed E-state index contributed by atoms with van der Waals surface area (Å²) in [6, 6.07) is 3.94. The SMILES string of the molecule is O=C(NC1CCN(C(=O)CCC2CCCCC2)CC1)c1cccs1. The standard InChI is InChI=1S/C19H28N2O2S/c22-18(9-8-15-5-2-1-3-6-15)21-12-10-16(11-13-21)20-19(23)17-7-4-14-24-17/h4,7,14-16H,1-3,5-6,8-13H2,(H,20,23). The number of hydrogen-bond acceptors (Lipinski definition) is 3. The molecule has 24 heavy (non-hydrogen) atoms. The molecular weight excluding hydrogens is 320 g/mol. The van der Waals surface area contributed by atoms with Crippen molar-refractivity contribution in [1.29, 1.82) is 0 Å². The molecule has 3 rings (SSSR count). The highest BCUT2D eigenvalue weighted by atomic mass is 32.1. The Bertz CT molecular complexity index is 530. The zero-order valence-electron chi connectivity index (χ0n) is 14.3. The van der Waals surface area contributed by atoms with Gasteiger partial charge in [-0.15, -0.1) is 11.3 Å². The number of amides is 2. The highest BCUT2D eigenvalue weighted by Crippen LogP contribution is 2.27. The molecule has 0 atom stereocenters. The van der Waals surface area contributed by atoms with Gasteiger partial charge in [-0.2, -0.15) is 0 Å². The third kappa shape index (κ3) is 4.82. The summed E-state index contributed by atoms with van der Waals surface area (Å²) in [5, 5.41) is 5.02.